The van der Waals surface area contributed by atoms with Gasteiger partial charge in [0.2, 0.25) is 0 Å². The molecule has 0 amide bonds. The maximum Gasteiger partial charge on any atom is 0.492 e. The van der Waals surface area contributed by atoms with Crippen LogP contribution in [-0.2, 0) is 19.0 Å². The fourth-order valence-electron chi connectivity index (χ4n) is 10.7. The molecule has 1 heterocycles. The lowest BCUT2D eigenvalue weighted by atomic mass is 9.49. The lowest BCUT2D eigenvalue weighted by Gasteiger charge is -2.56. The van der Waals surface area contributed by atoms with E-state index < -0.39 is 30.7 Å². The number of benzene rings is 1. The van der Waals surface area contributed by atoms with Gasteiger partial charge < -0.3 is 30.0 Å². The summed E-state index contributed by atoms with van der Waals surface area (Å²) in [6, 6.07) is 5.23. The molecule has 0 spiro atoms. The van der Waals surface area contributed by atoms with Crippen molar-refractivity contribution in [1.82, 2.24) is 0 Å². The average molecular weight is 689 g/mol. The summed E-state index contributed by atoms with van der Waals surface area (Å²) in [5, 5.41) is 22.1. The number of esters is 1. The number of nitrogens with two attached hydrogens (primary N) is 1. The van der Waals surface area contributed by atoms with E-state index in [4.69, 9.17) is 19.9 Å². The molecule has 7 rings (SSSR count). The Morgan fingerprint density at radius 3 is 2.76 bits per heavy atom. The molecule has 5 saturated carbocycles. The van der Waals surface area contributed by atoms with Gasteiger partial charge in [-0.1, -0.05) is 55.5 Å². The minimum absolute atomic E-state index is 0.0309. The molecule has 0 bridgehead atoms. The molecule has 1 aromatic rings. The van der Waals surface area contributed by atoms with Crippen LogP contribution in [0.1, 0.15) is 51.7 Å². The maximum absolute atomic E-state index is 13.5. The number of hydrogen-bond donors (Lipinski definition) is 3. The van der Waals surface area contributed by atoms with Crippen molar-refractivity contribution >= 4 is 46.9 Å². The molecule has 42 heavy (non-hydrogen) atoms. The molecule has 1 aromatic carbocycles. The molecule has 226 valence electrons. The molecule has 0 saturated heterocycles. The van der Waals surface area contributed by atoms with Gasteiger partial charge in [0.1, 0.15) is 17.6 Å². The Bertz CT molecular complexity index is 1330. The lowest BCUT2D eigenvalue weighted by molar-refractivity contribution is -0.175. The van der Waals surface area contributed by atoms with Crippen LogP contribution in [0.25, 0.3) is 0 Å². The number of ketones is 1. The summed E-state index contributed by atoms with van der Waals surface area (Å²) in [6.45, 7) is 10.7. The molecule has 8 nitrogen and oxygen atoms in total. The second kappa shape index (κ2) is 10.0. The van der Waals surface area contributed by atoms with E-state index in [9.17, 15) is 19.7 Å². The second-order valence-corrected chi connectivity index (χ2v) is 15.7. The number of alkyl halides is 1. The van der Waals surface area contributed by atoms with E-state index in [0.717, 1.165) is 12.0 Å². The van der Waals surface area contributed by atoms with Crippen molar-refractivity contribution in [2.24, 2.45) is 63.9 Å². The number of carbonyl (C=O) groups is 2. The van der Waals surface area contributed by atoms with Gasteiger partial charge in [-0.15, -0.1) is 6.58 Å². The molecular formula is C32H41BINO7. The largest absolute Gasteiger partial charge is 0.492 e. The molecule has 5 fully saturated rings. The van der Waals surface area contributed by atoms with Gasteiger partial charge in [0.05, 0.1) is 12.2 Å². The SMILES string of the molecule is C=C[C@]1(C)CC(OC(=O)COc2ccc3c(c2)B(O)OC3CN)[C@@]2(C)[C@@H]3C4C5[C@H](CCC(=O)[C@H]5C4[C@H]2C)C3[C@@H](I)[C@@H]1O. The first-order valence-electron chi connectivity index (χ1n) is 15.4. The van der Waals surface area contributed by atoms with Gasteiger partial charge in [0.25, 0.3) is 0 Å². The quantitative estimate of drug-likeness (QED) is 0.137. The lowest BCUT2D eigenvalue weighted by Crippen LogP contribution is -2.58. The number of hydrogen-bond acceptors (Lipinski definition) is 8. The highest BCUT2D eigenvalue weighted by Crippen LogP contribution is 2.80. The number of fused-ring (bicyclic) bond motifs is 3. The van der Waals surface area contributed by atoms with E-state index in [1.165, 1.54) is 0 Å². The molecule has 0 radical (unpaired) electrons. The highest BCUT2D eigenvalue weighted by atomic mass is 127. The number of rotatable bonds is 6. The Labute approximate surface area is 261 Å². The molecule has 4 N–H and O–H groups in total. The van der Waals surface area contributed by atoms with E-state index in [0.29, 0.717) is 53.5 Å². The Balaban J connectivity index is 1.17. The predicted molar refractivity (Wildman–Crippen MR) is 165 cm³/mol. The minimum Gasteiger partial charge on any atom is -0.482 e. The minimum atomic E-state index is -1.09. The zero-order chi connectivity index (χ0) is 29.9. The highest BCUT2D eigenvalue weighted by molar-refractivity contribution is 14.1. The summed E-state index contributed by atoms with van der Waals surface area (Å²) < 4.78 is 17.8. The van der Waals surface area contributed by atoms with E-state index in [-0.39, 0.29) is 52.3 Å². The zero-order valence-electron chi connectivity index (χ0n) is 24.4. The van der Waals surface area contributed by atoms with Crippen LogP contribution in [0, 0.1) is 58.2 Å². The number of carbonyl (C=O) groups excluding carboxylic acids is 2. The number of halogens is 1. The molecule has 10 heteroatoms. The number of Topliss-reactive ketones (excluding diaryl/α,β-unsaturated/α-hetero) is 1. The van der Waals surface area contributed by atoms with Gasteiger partial charge in [-0.05, 0) is 77.4 Å². The summed E-state index contributed by atoms with van der Waals surface area (Å²) in [4.78, 5) is 26.7. The van der Waals surface area contributed by atoms with Gasteiger partial charge in [0, 0.05) is 33.6 Å². The molecular weight excluding hydrogens is 648 g/mol. The van der Waals surface area contributed by atoms with Crippen LogP contribution in [0.3, 0.4) is 0 Å². The summed E-state index contributed by atoms with van der Waals surface area (Å²) in [6.07, 6.45) is 2.38. The average Bonchev–Trinajstić information content (AvgIpc) is 3.52. The van der Waals surface area contributed by atoms with E-state index in [1.54, 1.807) is 12.1 Å². The molecule has 6 unspecified atom stereocenters. The molecule has 6 aliphatic rings. The van der Waals surface area contributed by atoms with Crippen LogP contribution < -0.4 is 15.9 Å². The fourth-order valence-corrected chi connectivity index (χ4v) is 12.5. The van der Waals surface area contributed by atoms with Crippen LogP contribution in [0.15, 0.2) is 30.9 Å². The van der Waals surface area contributed by atoms with Crippen molar-refractivity contribution in [2.75, 3.05) is 13.2 Å². The van der Waals surface area contributed by atoms with Gasteiger partial charge >= 0.3 is 13.1 Å². The van der Waals surface area contributed by atoms with Crippen molar-refractivity contribution in [2.45, 2.75) is 62.3 Å². The Morgan fingerprint density at radius 2 is 2.05 bits per heavy atom. The van der Waals surface area contributed by atoms with E-state index in [1.807, 2.05) is 19.1 Å². The third kappa shape index (κ3) is 3.80. The first-order valence-corrected chi connectivity index (χ1v) is 16.7. The summed E-state index contributed by atoms with van der Waals surface area (Å²) in [7, 11) is -1.09. The normalized spacial score (nSPS) is 48.1. The topological polar surface area (TPSA) is 128 Å². The molecule has 1 aliphatic heterocycles. The molecule has 5 aliphatic carbocycles. The van der Waals surface area contributed by atoms with Crippen molar-refractivity contribution < 1.29 is 33.8 Å². The van der Waals surface area contributed by atoms with E-state index >= 15 is 0 Å². The number of aliphatic hydroxyl groups is 1. The van der Waals surface area contributed by atoms with Gasteiger partial charge in [-0.25, -0.2) is 4.79 Å². The maximum atomic E-state index is 13.5. The first kappa shape index (κ1) is 29.3. The summed E-state index contributed by atoms with van der Waals surface area (Å²) >= 11 is 2.48. The van der Waals surface area contributed by atoms with E-state index in [2.05, 4.69) is 43.0 Å². The van der Waals surface area contributed by atoms with Crippen LogP contribution in [0.5, 0.6) is 5.75 Å². The molecule has 0 aromatic heterocycles. The van der Waals surface area contributed by atoms with Gasteiger partial charge in [-0.3, -0.25) is 4.79 Å². The number of ether oxygens (including phenoxy) is 2. The van der Waals surface area contributed by atoms with Crippen LogP contribution >= 0.6 is 22.6 Å². The van der Waals surface area contributed by atoms with Gasteiger partial charge in [-0.2, -0.15) is 0 Å². The summed E-state index contributed by atoms with van der Waals surface area (Å²) in [5.41, 5.74) is 6.18. The highest BCUT2D eigenvalue weighted by Gasteiger charge is 2.79. The third-order valence-electron chi connectivity index (χ3n) is 12.8. The third-order valence-corrected chi connectivity index (χ3v) is 14.4. The van der Waals surface area contributed by atoms with Crippen LogP contribution in [0.2, 0.25) is 0 Å². The Morgan fingerprint density at radius 1 is 1.29 bits per heavy atom. The van der Waals surface area contributed by atoms with Crippen LogP contribution in [-0.4, -0.2) is 58.3 Å². The molecule has 14 atom stereocenters. The van der Waals surface area contributed by atoms with Crippen molar-refractivity contribution in [3.8, 4) is 5.75 Å². The van der Waals surface area contributed by atoms with Crippen molar-refractivity contribution in [3.05, 3.63) is 36.4 Å². The first-order chi connectivity index (χ1) is 20.0. The predicted octanol–water partition coefficient (Wildman–Crippen LogP) is 2.81. The van der Waals surface area contributed by atoms with Crippen molar-refractivity contribution in [3.63, 3.8) is 0 Å². The smallest absolute Gasteiger partial charge is 0.482 e. The fraction of sp³-hybridized carbons (Fsp3) is 0.688. The number of aliphatic hydroxyl groups excluding tert-OH is 1. The van der Waals surface area contributed by atoms with Crippen LogP contribution in [0.4, 0.5) is 0 Å². The van der Waals surface area contributed by atoms with Gasteiger partial charge in [0.15, 0.2) is 6.61 Å². The van der Waals surface area contributed by atoms with Crippen molar-refractivity contribution in [1.29, 1.82) is 0 Å². The zero-order valence-corrected chi connectivity index (χ0v) is 26.6. The Hall–Kier alpha value is -1.47. The monoisotopic (exact) mass is 689 g/mol. The summed E-state index contributed by atoms with van der Waals surface area (Å²) in [5.74, 6) is 2.82. The standard InChI is InChI=1S/C32H41BINO7/c1-5-31(3)11-21(41-22(37)13-40-15-6-7-16-18(10-15)33(39)42-20(16)12-35)32(4)14(2)23-26-19(36)9-8-17-24(26)27(23)28(32)25(17)29(34)30(31)38/h5-7,10,14,17,20-21,23-30,38-39H,1,8-9,11-13,35H2,2-4H3/t14-,17+,20?,21?,23?,24?,25?,26+,27?,28+,29-,30+,31-,32+/m1/s1. The second-order valence-electron chi connectivity index (χ2n) is 14.3. The Kier molecular flexibility index (Phi) is 6.98.